The van der Waals surface area contributed by atoms with Crippen molar-refractivity contribution >= 4 is 22.5 Å². The van der Waals surface area contributed by atoms with E-state index in [-0.39, 0.29) is 11.8 Å². The summed E-state index contributed by atoms with van der Waals surface area (Å²) in [6.07, 6.45) is 4.99. The van der Waals surface area contributed by atoms with E-state index < -0.39 is 0 Å². The molecule has 2 aromatic heterocycles. The maximum Gasteiger partial charge on any atom is 0.277 e. The lowest BCUT2D eigenvalue weighted by atomic mass is 9.94. The predicted molar refractivity (Wildman–Crippen MR) is 85.4 cm³/mol. The number of aromatic amines is 1. The molecule has 3 heterocycles. The van der Waals surface area contributed by atoms with Crippen LogP contribution in [0.15, 0.2) is 35.2 Å². The molecule has 1 aliphatic heterocycles. The Kier molecular flexibility index (Phi) is 3.55. The first kappa shape index (κ1) is 14.0. The average molecular weight is 311 g/mol. The van der Waals surface area contributed by atoms with Crippen LogP contribution >= 0.6 is 0 Å². The molecule has 118 valence electrons. The number of hydrogen-bond donors (Lipinski definition) is 3. The van der Waals surface area contributed by atoms with Crippen molar-refractivity contribution in [3.8, 4) is 0 Å². The Morgan fingerprint density at radius 2 is 2.17 bits per heavy atom. The Morgan fingerprint density at radius 1 is 1.30 bits per heavy atom. The van der Waals surface area contributed by atoms with E-state index in [4.69, 9.17) is 4.42 Å². The van der Waals surface area contributed by atoms with Crippen LogP contribution in [0, 0.1) is 0 Å². The summed E-state index contributed by atoms with van der Waals surface area (Å²) >= 11 is 0. The number of rotatable bonds is 3. The summed E-state index contributed by atoms with van der Waals surface area (Å²) in [6, 6.07) is 5.60. The second kappa shape index (κ2) is 5.85. The molecule has 0 atom stereocenters. The molecule has 1 amide bonds. The van der Waals surface area contributed by atoms with Crippen LogP contribution in [-0.2, 0) is 0 Å². The van der Waals surface area contributed by atoms with Crippen LogP contribution in [0.5, 0.6) is 0 Å². The van der Waals surface area contributed by atoms with Gasteiger partial charge in [0.05, 0.1) is 11.7 Å². The number of oxazole rings is 1. The second-order valence-corrected chi connectivity index (χ2v) is 5.72. The SMILES string of the molecule is O=C(Nc1ccc2[nH]ncc2c1)c1ncoc1C1CCNCC1. The molecule has 0 bridgehead atoms. The smallest absolute Gasteiger partial charge is 0.277 e. The van der Waals surface area contributed by atoms with Crippen molar-refractivity contribution in [1.29, 1.82) is 0 Å². The van der Waals surface area contributed by atoms with E-state index in [1.54, 1.807) is 6.20 Å². The Labute approximate surface area is 132 Å². The molecule has 0 unspecified atom stereocenters. The minimum Gasteiger partial charge on any atom is -0.447 e. The fourth-order valence-electron chi connectivity index (χ4n) is 3.01. The average Bonchev–Trinajstić information content (AvgIpc) is 3.24. The number of benzene rings is 1. The third-order valence-electron chi connectivity index (χ3n) is 4.22. The van der Waals surface area contributed by atoms with Gasteiger partial charge in [-0.3, -0.25) is 9.89 Å². The van der Waals surface area contributed by atoms with E-state index in [1.165, 1.54) is 6.39 Å². The van der Waals surface area contributed by atoms with E-state index in [0.717, 1.165) is 36.8 Å². The van der Waals surface area contributed by atoms with Crippen LogP contribution < -0.4 is 10.6 Å². The monoisotopic (exact) mass is 311 g/mol. The van der Waals surface area contributed by atoms with Gasteiger partial charge in [-0.2, -0.15) is 5.10 Å². The fraction of sp³-hybridized carbons (Fsp3) is 0.312. The summed E-state index contributed by atoms with van der Waals surface area (Å²) in [7, 11) is 0. The molecule has 7 nitrogen and oxygen atoms in total. The Bertz CT molecular complexity index is 832. The van der Waals surface area contributed by atoms with Gasteiger partial charge in [-0.15, -0.1) is 0 Å². The maximum absolute atomic E-state index is 12.5. The molecule has 0 spiro atoms. The molecule has 0 saturated carbocycles. The highest BCUT2D eigenvalue weighted by molar-refractivity contribution is 6.04. The molecule has 1 saturated heterocycles. The highest BCUT2D eigenvalue weighted by Crippen LogP contribution is 2.28. The first-order valence-corrected chi connectivity index (χ1v) is 7.70. The lowest BCUT2D eigenvalue weighted by Gasteiger charge is -2.21. The number of nitrogens with zero attached hydrogens (tertiary/aromatic N) is 2. The van der Waals surface area contributed by atoms with Gasteiger partial charge in [-0.1, -0.05) is 0 Å². The fourth-order valence-corrected chi connectivity index (χ4v) is 3.01. The summed E-state index contributed by atoms with van der Waals surface area (Å²) in [4.78, 5) is 16.7. The number of carbonyl (C=O) groups excluding carboxylic acids is 1. The molecule has 0 aliphatic carbocycles. The van der Waals surface area contributed by atoms with E-state index >= 15 is 0 Å². The van der Waals surface area contributed by atoms with Crippen LogP contribution in [0.1, 0.15) is 35.0 Å². The zero-order valence-corrected chi connectivity index (χ0v) is 12.5. The van der Waals surface area contributed by atoms with Gasteiger partial charge < -0.3 is 15.1 Å². The van der Waals surface area contributed by atoms with Crippen molar-refractivity contribution < 1.29 is 9.21 Å². The van der Waals surface area contributed by atoms with Crippen LogP contribution in [0.2, 0.25) is 0 Å². The minimum absolute atomic E-state index is 0.241. The van der Waals surface area contributed by atoms with Crippen molar-refractivity contribution in [2.45, 2.75) is 18.8 Å². The van der Waals surface area contributed by atoms with Crippen LogP contribution in [0.4, 0.5) is 5.69 Å². The van der Waals surface area contributed by atoms with Gasteiger partial charge in [0.2, 0.25) is 0 Å². The van der Waals surface area contributed by atoms with Gasteiger partial charge in [0.1, 0.15) is 5.76 Å². The molecule has 3 N–H and O–H groups in total. The Balaban J connectivity index is 1.56. The molecule has 23 heavy (non-hydrogen) atoms. The van der Waals surface area contributed by atoms with Crippen LogP contribution in [-0.4, -0.2) is 34.2 Å². The lowest BCUT2D eigenvalue weighted by molar-refractivity contribution is 0.102. The summed E-state index contributed by atoms with van der Waals surface area (Å²) in [5.41, 5.74) is 2.02. The summed E-state index contributed by atoms with van der Waals surface area (Å²) in [5.74, 6) is 0.694. The molecule has 0 radical (unpaired) electrons. The number of hydrogen-bond acceptors (Lipinski definition) is 5. The minimum atomic E-state index is -0.241. The zero-order valence-electron chi connectivity index (χ0n) is 12.5. The summed E-state index contributed by atoms with van der Waals surface area (Å²) in [6.45, 7) is 1.87. The third-order valence-corrected chi connectivity index (χ3v) is 4.22. The highest BCUT2D eigenvalue weighted by atomic mass is 16.3. The van der Waals surface area contributed by atoms with Crippen molar-refractivity contribution in [2.24, 2.45) is 0 Å². The van der Waals surface area contributed by atoms with Crippen molar-refractivity contribution in [2.75, 3.05) is 18.4 Å². The van der Waals surface area contributed by atoms with E-state index in [0.29, 0.717) is 17.1 Å². The Hall–Kier alpha value is -2.67. The second-order valence-electron chi connectivity index (χ2n) is 5.72. The van der Waals surface area contributed by atoms with Crippen molar-refractivity contribution in [3.05, 3.63) is 42.2 Å². The molecule has 1 aliphatic rings. The van der Waals surface area contributed by atoms with Crippen LogP contribution in [0.3, 0.4) is 0 Å². The van der Waals surface area contributed by atoms with E-state index in [1.807, 2.05) is 18.2 Å². The molecule has 4 rings (SSSR count). The molecular formula is C16H17N5O2. The van der Waals surface area contributed by atoms with Crippen molar-refractivity contribution in [1.82, 2.24) is 20.5 Å². The summed E-state index contributed by atoms with van der Waals surface area (Å²) in [5, 5.41) is 14.0. The normalized spacial score (nSPS) is 15.8. The summed E-state index contributed by atoms with van der Waals surface area (Å²) < 4.78 is 5.51. The number of H-pyrrole nitrogens is 1. The molecule has 7 heteroatoms. The van der Waals surface area contributed by atoms with Gasteiger partial charge >= 0.3 is 0 Å². The van der Waals surface area contributed by atoms with Crippen LogP contribution in [0.25, 0.3) is 10.9 Å². The largest absolute Gasteiger partial charge is 0.447 e. The highest BCUT2D eigenvalue weighted by Gasteiger charge is 2.26. The topological polar surface area (TPSA) is 95.8 Å². The number of carbonyl (C=O) groups is 1. The predicted octanol–water partition coefficient (Wildman–Crippen LogP) is 2.27. The zero-order chi connectivity index (χ0) is 15.6. The van der Waals surface area contributed by atoms with Gasteiger partial charge in [0.15, 0.2) is 12.1 Å². The first-order chi connectivity index (χ1) is 11.3. The van der Waals surface area contributed by atoms with Crippen molar-refractivity contribution in [3.63, 3.8) is 0 Å². The third kappa shape index (κ3) is 2.70. The molecule has 3 aromatic rings. The van der Waals surface area contributed by atoms with Gasteiger partial charge in [-0.25, -0.2) is 4.98 Å². The Morgan fingerprint density at radius 3 is 3.04 bits per heavy atom. The lowest BCUT2D eigenvalue weighted by Crippen LogP contribution is -2.27. The van der Waals surface area contributed by atoms with Gasteiger partial charge in [0, 0.05) is 17.0 Å². The maximum atomic E-state index is 12.5. The quantitative estimate of drug-likeness (QED) is 0.689. The van der Waals surface area contributed by atoms with Gasteiger partial charge in [-0.05, 0) is 44.1 Å². The number of piperidine rings is 1. The first-order valence-electron chi connectivity index (χ1n) is 7.70. The molecule has 1 fully saturated rings. The number of amides is 1. The number of nitrogens with one attached hydrogen (secondary N) is 3. The number of fused-ring (bicyclic) bond motifs is 1. The molecular weight excluding hydrogens is 294 g/mol. The number of anilines is 1. The standard InChI is InChI=1S/C16H17N5O2/c22-16(20-12-1-2-13-11(7-12)8-19-21-13)14-15(23-9-18-14)10-3-5-17-6-4-10/h1-2,7-10,17H,3-6H2,(H,19,21)(H,20,22). The number of aromatic nitrogens is 3. The molecule has 1 aromatic carbocycles. The van der Waals surface area contributed by atoms with Gasteiger partial charge in [0.25, 0.3) is 5.91 Å². The van der Waals surface area contributed by atoms with E-state index in [2.05, 4.69) is 25.8 Å². The van der Waals surface area contributed by atoms with E-state index in [9.17, 15) is 4.79 Å².